The maximum absolute atomic E-state index is 12.4. The van der Waals surface area contributed by atoms with Gasteiger partial charge in [-0.25, -0.2) is 0 Å². The molecular formula is C24H21N3O3. The number of fused-ring (bicyclic) bond motifs is 1. The average Bonchev–Trinajstić information content (AvgIpc) is 3.01. The maximum Gasteiger partial charge on any atom is 0.261 e. The Morgan fingerprint density at radius 1 is 0.800 bits per heavy atom. The van der Waals surface area contributed by atoms with Gasteiger partial charge in [0, 0.05) is 25.7 Å². The first-order valence-electron chi connectivity index (χ1n) is 9.85. The summed E-state index contributed by atoms with van der Waals surface area (Å²) in [4.78, 5) is 42.6. The Hall–Kier alpha value is -3.80. The lowest BCUT2D eigenvalue weighted by molar-refractivity contribution is -0.118. The van der Waals surface area contributed by atoms with Gasteiger partial charge in [-0.15, -0.1) is 0 Å². The van der Waals surface area contributed by atoms with Gasteiger partial charge in [-0.05, 0) is 36.2 Å². The van der Waals surface area contributed by atoms with Crippen LogP contribution in [0, 0.1) is 0 Å². The zero-order valence-electron chi connectivity index (χ0n) is 16.4. The highest BCUT2D eigenvalue weighted by molar-refractivity contribution is 6.21. The summed E-state index contributed by atoms with van der Waals surface area (Å²) in [6.45, 7) is 0.815. The summed E-state index contributed by atoms with van der Waals surface area (Å²) < 4.78 is 1.91. The summed E-state index contributed by atoms with van der Waals surface area (Å²) in [6.07, 6.45) is 2.42. The zero-order chi connectivity index (χ0) is 20.9. The minimum atomic E-state index is -0.302. The highest BCUT2D eigenvalue weighted by atomic mass is 16.2. The van der Waals surface area contributed by atoms with Gasteiger partial charge in [-0.2, -0.15) is 4.99 Å². The van der Waals surface area contributed by atoms with Crippen LogP contribution in [-0.2, 0) is 11.3 Å². The molecule has 0 N–H and O–H groups in total. The lowest BCUT2D eigenvalue weighted by Gasteiger charge is -2.12. The summed E-state index contributed by atoms with van der Waals surface area (Å²) in [7, 11) is 0. The molecule has 0 spiro atoms. The van der Waals surface area contributed by atoms with Crippen LogP contribution in [0.2, 0.25) is 0 Å². The standard InChI is InChI=1S/C24H21N3O3/c28-22(14-8-16-27-23(29)19-11-4-5-12-20(19)24(27)30)25-21-13-6-7-15-26(21)17-18-9-2-1-3-10-18/h1-7,9-13,15H,8,14,16-17H2. The number of hydrogen-bond acceptors (Lipinski definition) is 3. The first-order valence-corrected chi connectivity index (χ1v) is 9.85. The number of benzene rings is 2. The molecule has 6 nitrogen and oxygen atoms in total. The normalized spacial score (nSPS) is 13.6. The molecule has 1 aliphatic heterocycles. The van der Waals surface area contributed by atoms with E-state index in [1.165, 1.54) is 4.90 Å². The van der Waals surface area contributed by atoms with Crippen molar-refractivity contribution in [3.05, 3.63) is 101 Å². The molecule has 3 aromatic rings. The third-order valence-corrected chi connectivity index (χ3v) is 5.00. The van der Waals surface area contributed by atoms with Gasteiger partial charge in [-0.3, -0.25) is 19.3 Å². The van der Waals surface area contributed by atoms with Gasteiger partial charge >= 0.3 is 0 Å². The van der Waals surface area contributed by atoms with Crippen LogP contribution < -0.4 is 5.49 Å². The third-order valence-electron chi connectivity index (χ3n) is 5.00. The van der Waals surface area contributed by atoms with Crippen molar-refractivity contribution in [1.82, 2.24) is 9.47 Å². The SMILES string of the molecule is O=C(CCCN1C(=O)c2ccccc2C1=O)N=c1ccccn1Cc1ccccc1. The molecule has 0 radical (unpaired) electrons. The fourth-order valence-electron chi connectivity index (χ4n) is 3.50. The van der Waals surface area contributed by atoms with Gasteiger partial charge in [-0.1, -0.05) is 48.5 Å². The van der Waals surface area contributed by atoms with E-state index in [-0.39, 0.29) is 30.7 Å². The van der Waals surface area contributed by atoms with Crippen LogP contribution in [0.15, 0.2) is 84.0 Å². The molecule has 0 fully saturated rings. The second-order valence-electron chi connectivity index (χ2n) is 7.09. The molecule has 0 unspecified atom stereocenters. The largest absolute Gasteiger partial charge is 0.329 e. The molecule has 150 valence electrons. The second kappa shape index (κ2) is 8.69. The molecule has 1 aromatic heterocycles. The number of imide groups is 1. The van der Waals surface area contributed by atoms with Gasteiger partial charge in [0.2, 0.25) is 5.91 Å². The van der Waals surface area contributed by atoms with Crippen molar-refractivity contribution in [3.8, 4) is 0 Å². The topological polar surface area (TPSA) is 71.7 Å². The predicted octanol–water partition coefficient (Wildman–Crippen LogP) is 3.04. The number of hydrogen-bond donors (Lipinski definition) is 0. The van der Waals surface area contributed by atoms with Crippen molar-refractivity contribution in [2.24, 2.45) is 4.99 Å². The smallest absolute Gasteiger partial charge is 0.261 e. The van der Waals surface area contributed by atoms with Crippen molar-refractivity contribution in [1.29, 1.82) is 0 Å². The summed E-state index contributed by atoms with van der Waals surface area (Å²) in [6, 6.07) is 22.3. The third kappa shape index (κ3) is 4.12. The number of carbonyl (C=O) groups is 3. The van der Waals surface area contributed by atoms with Crippen LogP contribution >= 0.6 is 0 Å². The number of rotatable bonds is 6. The molecule has 0 saturated heterocycles. The number of amides is 3. The molecule has 2 aromatic carbocycles. The Kier molecular flexibility index (Phi) is 5.66. The van der Waals surface area contributed by atoms with E-state index in [9.17, 15) is 14.4 Å². The highest BCUT2D eigenvalue weighted by Crippen LogP contribution is 2.22. The molecule has 4 rings (SSSR count). The van der Waals surface area contributed by atoms with Gasteiger partial charge < -0.3 is 4.57 Å². The summed E-state index contributed by atoms with van der Waals surface area (Å²) in [5.74, 6) is -0.882. The monoisotopic (exact) mass is 399 g/mol. The van der Waals surface area contributed by atoms with Crippen LogP contribution in [0.1, 0.15) is 39.1 Å². The summed E-state index contributed by atoms with van der Waals surface area (Å²) in [5.41, 5.74) is 2.53. The molecule has 30 heavy (non-hydrogen) atoms. The van der Waals surface area contributed by atoms with Gasteiger partial charge in [0.1, 0.15) is 5.49 Å². The van der Waals surface area contributed by atoms with E-state index in [2.05, 4.69) is 4.99 Å². The Labute approximate surface area is 174 Å². The van der Waals surface area contributed by atoms with Gasteiger partial charge in [0.25, 0.3) is 11.8 Å². The predicted molar refractivity (Wildman–Crippen MR) is 112 cm³/mol. The van der Waals surface area contributed by atoms with Gasteiger partial charge in [0.15, 0.2) is 0 Å². The number of pyridine rings is 1. The van der Waals surface area contributed by atoms with Crippen LogP contribution in [0.4, 0.5) is 0 Å². The van der Waals surface area contributed by atoms with E-state index >= 15 is 0 Å². The molecule has 0 bridgehead atoms. The lowest BCUT2D eigenvalue weighted by atomic mass is 10.1. The molecule has 1 aliphatic rings. The fraction of sp³-hybridized carbons (Fsp3) is 0.167. The van der Waals surface area contributed by atoms with Crippen molar-refractivity contribution < 1.29 is 14.4 Å². The molecule has 0 atom stereocenters. The van der Waals surface area contributed by atoms with Crippen molar-refractivity contribution >= 4 is 17.7 Å². The maximum atomic E-state index is 12.4. The highest BCUT2D eigenvalue weighted by Gasteiger charge is 2.34. The van der Waals surface area contributed by atoms with E-state index < -0.39 is 0 Å². The Bertz CT molecular complexity index is 1130. The van der Waals surface area contributed by atoms with Crippen molar-refractivity contribution in [2.75, 3.05) is 6.54 Å². The molecule has 6 heteroatoms. The van der Waals surface area contributed by atoms with Crippen LogP contribution in [0.3, 0.4) is 0 Å². The van der Waals surface area contributed by atoms with Crippen molar-refractivity contribution in [2.45, 2.75) is 19.4 Å². The first-order chi connectivity index (χ1) is 14.6. The fourth-order valence-corrected chi connectivity index (χ4v) is 3.50. The quantitative estimate of drug-likeness (QED) is 0.598. The molecule has 0 aliphatic carbocycles. The zero-order valence-corrected chi connectivity index (χ0v) is 16.4. The van der Waals surface area contributed by atoms with E-state index in [4.69, 9.17) is 0 Å². The number of nitrogens with zero attached hydrogens (tertiary/aromatic N) is 3. The molecular weight excluding hydrogens is 378 g/mol. The summed E-state index contributed by atoms with van der Waals surface area (Å²) in [5, 5.41) is 0. The molecule has 3 amide bonds. The minimum absolute atomic E-state index is 0.160. The average molecular weight is 399 g/mol. The molecule has 2 heterocycles. The Balaban J connectivity index is 1.40. The van der Waals surface area contributed by atoms with Crippen molar-refractivity contribution in [3.63, 3.8) is 0 Å². The van der Waals surface area contributed by atoms with E-state index in [0.717, 1.165) is 5.56 Å². The minimum Gasteiger partial charge on any atom is -0.329 e. The lowest BCUT2D eigenvalue weighted by Crippen LogP contribution is -2.31. The second-order valence-corrected chi connectivity index (χ2v) is 7.09. The Morgan fingerprint density at radius 3 is 2.13 bits per heavy atom. The van der Waals surface area contributed by atoms with E-state index in [1.807, 2.05) is 53.2 Å². The van der Waals surface area contributed by atoms with Crippen LogP contribution in [0.5, 0.6) is 0 Å². The van der Waals surface area contributed by atoms with Gasteiger partial charge in [0.05, 0.1) is 11.1 Å². The van der Waals surface area contributed by atoms with E-state index in [1.54, 1.807) is 30.3 Å². The number of carbonyl (C=O) groups excluding carboxylic acids is 3. The Morgan fingerprint density at radius 2 is 1.43 bits per heavy atom. The summed E-state index contributed by atoms with van der Waals surface area (Å²) >= 11 is 0. The van der Waals surface area contributed by atoms with Crippen LogP contribution in [-0.4, -0.2) is 33.7 Å². The van der Waals surface area contributed by atoms with E-state index in [0.29, 0.717) is 29.6 Å². The molecule has 0 saturated carbocycles. The first kappa shape index (κ1) is 19.5. The number of aromatic nitrogens is 1. The van der Waals surface area contributed by atoms with Crippen LogP contribution in [0.25, 0.3) is 0 Å².